The smallest absolute Gasteiger partial charge is 0.494 e. The average molecular weight is 455 g/mol. The van der Waals surface area contributed by atoms with Gasteiger partial charge in [0.05, 0.1) is 13.2 Å². The van der Waals surface area contributed by atoms with Gasteiger partial charge in [-0.3, -0.25) is 9.59 Å². The van der Waals surface area contributed by atoms with Crippen LogP contribution in [0.5, 0.6) is 11.5 Å². The maximum atomic E-state index is 12.7. The number of benzene rings is 2. The fraction of sp³-hybridized carbons (Fsp3) is 0.400. The lowest BCUT2D eigenvalue weighted by Crippen LogP contribution is -2.46. The molecule has 8 nitrogen and oxygen atoms in total. The molecular formula is C25H30N2O6. The van der Waals surface area contributed by atoms with E-state index in [1.165, 1.54) is 0 Å². The number of likely N-dealkylation sites (tertiary alicyclic amines) is 1. The molecule has 0 radical (unpaired) electrons. The highest BCUT2D eigenvalue weighted by Gasteiger charge is 2.24. The first-order valence-electron chi connectivity index (χ1n) is 11.3. The van der Waals surface area contributed by atoms with Crippen molar-refractivity contribution in [2.24, 2.45) is 0 Å². The monoisotopic (exact) mass is 454 g/mol. The van der Waals surface area contributed by atoms with Crippen LogP contribution in [0.15, 0.2) is 54.6 Å². The number of piperidine rings is 1. The second-order valence-corrected chi connectivity index (χ2v) is 7.71. The van der Waals surface area contributed by atoms with E-state index in [0.717, 1.165) is 5.75 Å². The van der Waals surface area contributed by atoms with Crippen LogP contribution >= 0.6 is 0 Å². The third-order valence-electron chi connectivity index (χ3n) is 5.27. The molecule has 0 unspecified atom stereocenters. The van der Waals surface area contributed by atoms with E-state index in [4.69, 9.17) is 14.2 Å². The fourth-order valence-corrected chi connectivity index (χ4v) is 3.56. The van der Waals surface area contributed by atoms with Gasteiger partial charge in [0.25, 0.3) is 5.91 Å². The minimum Gasteiger partial charge on any atom is -0.494 e. The molecule has 2 amide bonds. The van der Waals surface area contributed by atoms with Crippen LogP contribution in [0.4, 0.5) is 4.79 Å². The third-order valence-corrected chi connectivity index (χ3v) is 5.27. The van der Waals surface area contributed by atoms with Crippen molar-refractivity contribution >= 4 is 18.0 Å². The van der Waals surface area contributed by atoms with Gasteiger partial charge in [-0.2, -0.15) is 0 Å². The van der Waals surface area contributed by atoms with Crippen LogP contribution < -0.4 is 14.8 Å². The Hall–Kier alpha value is -3.55. The van der Waals surface area contributed by atoms with Crippen molar-refractivity contribution in [1.29, 1.82) is 0 Å². The Morgan fingerprint density at radius 3 is 2.33 bits per heavy atom. The Bertz CT molecular complexity index is 908. The molecule has 3 rings (SSSR count). The summed E-state index contributed by atoms with van der Waals surface area (Å²) in [7, 11) is 0. The summed E-state index contributed by atoms with van der Waals surface area (Å²) in [6, 6.07) is 16.0. The molecule has 0 atom stereocenters. The summed E-state index contributed by atoms with van der Waals surface area (Å²) in [5.41, 5.74) is 0.520. The van der Waals surface area contributed by atoms with E-state index in [0.29, 0.717) is 56.7 Å². The van der Waals surface area contributed by atoms with Crippen LogP contribution in [0.3, 0.4) is 0 Å². The van der Waals surface area contributed by atoms with Gasteiger partial charge in [0.2, 0.25) is 5.91 Å². The first-order valence-corrected chi connectivity index (χ1v) is 11.3. The quantitative estimate of drug-likeness (QED) is 0.352. The van der Waals surface area contributed by atoms with Crippen molar-refractivity contribution in [3.8, 4) is 11.5 Å². The van der Waals surface area contributed by atoms with Gasteiger partial charge in [-0.1, -0.05) is 18.2 Å². The first kappa shape index (κ1) is 24.1. The number of amides is 2. The molecule has 176 valence electrons. The zero-order chi connectivity index (χ0) is 23.5. The van der Waals surface area contributed by atoms with Crippen LogP contribution in [0.25, 0.3) is 0 Å². The third kappa shape index (κ3) is 7.82. The highest BCUT2D eigenvalue weighted by atomic mass is 16.7. The van der Waals surface area contributed by atoms with Gasteiger partial charge >= 0.3 is 6.16 Å². The van der Waals surface area contributed by atoms with E-state index < -0.39 is 6.16 Å². The van der Waals surface area contributed by atoms with Crippen molar-refractivity contribution in [1.82, 2.24) is 10.2 Å². The summed E-state index contributed by atoms with van der Waals surface area (Å²) in [5.74, 6) is 1.05. The maximum Gasteiger partial charge on any atom is 0.513 e. The van der Waals surface area contributed by atoms with Gasteiger partial charge in [0, 0.05) is 31.1 Å². The molecule has 2 aromatic rings. The van der Waals surface area contributed by atoms with E-state index in [1.807, 2.05) is 30.3 Å². The molecule has 0 aliphatic carbocycles. The Labute approximate surface area is 193 Å². The highest BCUT2D eigenvalue weighted by molar-refractivity contribution is 5.94. The lowest BCUT2D eigenvalue weighted by atomic mass is 10.0. The predicted octanol–water partition coefficient (Wildman–Crippen LogP) is 3.80. The number of ether oxygens (including phenoxy) is 3. The fourth-order valence-electron chi connectivity index (χ4n) is 3.56. The molecule has 1 N–H and O–H groups in total. The molecule has 1 fully saturated rings. The number of nitrogens with one attached hydrogen (secondary N) is 1. The van der Waals surface area contributed by atoms with E-state index in [1.54, 1.807) is 36.1 Å². The van der Waals surface area contributed by atoms with Gasteiger partial charge < -0.3 is 24.4 Å². The Balaban J connectivity index is 1.35. The van der Waals surface area contributed by atoms with Crippen LogP contribution in [0.1, 0.15) is 43.0 Å². The van der Waals surface area contributed by atoms with Crippen LogP contribution in [0.2, 0.25) is 0 Å². The topological polar surface area (TPSA) is 94.2 Å². The molecular weight excluding hydrogens is 424 g/mol. The second-order valence-electron chi connectivity index (χ2n) is 7.71. The summed E-state index contributed by atoms with van der Waals surface area (Å²) in [5, 5.41) is 3.06. The highest BCUT2D eigenvalue weighted by Crippen LogP contribution is 2.18. The number of carbonyl (C=O) groups excluding carboxylic acids is 3. The molecule has 1 saturated heterocycles. The van der Waals surface area contributed by atoms with Crippen molar-refractivity contribution in [2.45, 2.75) is 38.6 Å². The minimum atomic E-state index is -0.774. The largest absolute Gasteiger partial charge is 0.513 e. The summed E-state index contributed by atoms with van der Waals surface area (Å²) in [6.07, 6.45) is 1.70. The molecule has 1 aliphatic heterocycles. The normalized spacial score (nSPS) is 13.8. The second kappa shape index (κ2) is 12.5. The minimum absolute atomic E-state index is 0.00799. The van der Waals surface area contributed by atoms with Crippen molar-refractivity contribution in [2.75, 3.05) is 26.3 Å². The SMILES string of the molecule is CCOC(=O)Oc1ccc(C(=O)N2CCC(NC(=O)CCCOc3ccccc3)CC2)cc1. The summed E-state index contributed by atoms with van der Waals surface area (Å²) >= 11 is 0. The van der Waals surface area contributed by atoms with E-state index in [9.17, 15) is 14.4 Å². The molecule has 0 aromatic heterocycles. The van der Waals surface area contributed by atoms with Gasteiger partial charge in [0.1, 0.15) is 11.5 Å². The summed E-state index contributed by atoms with van der Waals surface area (Å²) < 4.78 is 15.3. The lowest BCUT2D eigenvalue weighted by Gasteiger charge is -2.32. The van der Waals surface area contributed by atoms with Gasteiger partial charge in [0.15, 0.2) is 0 Å². The zero-order valence-electron chi connectivity index (χ0n) is 18.8. The molecule has 0 bridgehead atoms. The van der Waals surface area contributed by atoms with E-state index in [2.05, 4.69) is 5.32 Å². The standard InChI is InChI=1S/C25H30N2O6/c1-2-31-25(30)33-22-12-10-19(11-13-22)24(29)27-16-14-20(15-17-27)26-23(28)9-6-18-32-21-7-4-3-5-8-21/h3-5,7-8,10-13,20H,2,6,9,14-18H2,1H3,(H,26,28). The van der Waals surface area contributed by atoms with Crippen molar-refractivity contribution < 1.29 is 28.6 Å². The van der Waals surface area contributed by atoms with Crippen LogP contribution in [0, 0.1) is 0 Å². The molecule has 33 heavy (non-hydrogen) atoms. The number of para-hydroxylation sites is 1. The average Bonchev–Trinajstić information content (AvgIpc) is 2.83. The first-order chi connectivity index (χ1) is 16.0. The van der Waals surface area contributed by atoms with Gasteiger partial charge in [-0.25, -0.2) is 4.79 Å². The number of rotatable bonds is 9. The Morgan fingerprint density at radius 2 is 1.67 bits per heavy atom. The van der Waals surface area contributed by atoms with Crippen molar-refractivity contribution in [3.63, 3.8) is 0 Å². The predicted molar refractivity (Wildman–Crippen MR) is 122 cm³/mol. The van der Waals surface area contributed by atoms with Gasteiger partial charge in [-0.05, 0) is 62.6 Å². The van der Waals surface area contributed by atoms with Crippen LogP contribution in [-0.4, -0.2) is 55.2 Å². The number of hydrogen-bond acceptors (Lipinski definition) is 6. The maximum absolute atomic E-state index is 12.7. The molecule has 1 aliphatic rings. The van der Waals surface area contributed by atoms with E-state index in [-0.39, 0.29) is 24.5 Å². The number of carbonyl (C=O) groups is 3. The molecule has 1 heterocycles. The number of nitrogens with zero attached hydrogens (tertiary/aromatic N) is 1. The zero-order valence-corrected chi connectivity index (χ0v) is 18.8. The molecule has 8 heteroatoms. The molecule has 0 saturated carbocycles. The Morgan fingerprint density at radius 1 is 0.970 bits per heavy atom. The summed E-state index contributed by atoms with van der Waals surface area (Å²) in [6.45, 7) is 3.56. The molecule has 2 aromatic carbocycles. The van der Waals surface area contributed by atoms with E-state index >= 15 is 0 Å². The lowest BCUT2D eigenvalue weighted by molar-refractivity contribution is -0.122. The molecule has 0 spiro atoms. The Kier molecular flexibility index (Phi) is 9.11. The van der Waals surface area contributed by atoms with Crippen molar-refractivity contribution in [3.05, 3.63) is 60.2 Å². The summed E-state index contributed by atoms with van der Waals surface area (Å²) in [4.78, 5) is 38.1. The number of hydrogen-bond donors (Lipinski definition) is 1. The van der Waals surface area contributed by atoms with Gasteiger partial charge in [-0.15, -0.1) is 0 Å². The van der Waals surface area contributed by atoms with Crippen LogP contribution in [-0.2, 0) is 9.53 Å².